The van der Waals surface area contributed by atoms with E-state index in [0.29, 0.717) is 12.2 Å². The second-order valence-electron chi connectivity index (χ2n) is 5.82. The van der Waals surface area contributed by atoms with Gasteiger partial charge < -0.3 is 15.2 Å². The minimum absolute atomic E-state index is 0.111. The Morgan fingerprint density at radius 3 is 2.89 bits per heavy atom. The summed E-state index contributed by atoms with van der Waals surface area (Å²) in [5.41, 5.74) is 1.84. The van der Waals surface area contributed by atoms with Crippen molar-refractivity contribution < 1.29 is 19.4 Å². The van der Waals surface area contributed by atoms with Crippen LogP contribution in [0.15, 0.2) is 48.9 Å². The Kier molecular flexibility index (Phi) is 5.50. The lowest BCUT2D eigenvalue weighted by Gasteiger charge is -2.06. The number of hydrogen-bond donors (Lipinski definition) is 2. The lowest BCUT2D eigenvalue weighted by Crippen LogP contribution is -2.18. The van der Waals surface area contributed by atoms with Crippen LogP contribution in [-0.4, -0.2) is 43.7 Å². The van der Waals surface area contributed by atoms with Gasteiger partial charge in [-0.3, -0.25) is 19.0 Å². The molecule has 0 aliphatic heterocycles. The van der Waals surface area contributed by atoms with Crippen LogP contribution in [0.4, 0.5) is 5.69 Å². The molecular weight excluding hydrogens is 350 g/mol. The Hall–Kier alpha value is -3.62. The molecule has 2 aromatic heterocycles. The number of aliphatic carboxylic acids is 1. The minimum Gasteiger partial charge on any atom is -0.497 e. The molecule has 0 bridgehead atoms. The number of carboxylic acids is 1. The summed E-state index contributed by atoms with van der Waals surface area (Å²) >= 11 is 0. The van der Waals surface area contributed by atoms with Crippen molar-refractivity contribution in [3.05, 3.63) is 60.2 Å². The van der Waals surface area contributed by atoms with Gasteiger partial charge in [0.1, 0.15) is 11.4 Å². The first-order chi connectivity index (χ1) is 13.0. The lowest BCUT2D eigenvalue weighted by molar-refractivity contribution is -0.137. The lowest BCUT2D eigenvalue weighted by atomic mass is 10.2. The minimum atomic E-state index is -0.948. The fraction of sp³-hybridized carbons (Fsp3) is 0.222. The number of carboxylic acid groups (broad SMARTS) is 1. The number of nitrogens with one attached hydrogen (secondary N) is 1. The molecule has 0 atom stereocenters. The Bertz CT molecular complexity index is 947. The molecule has 1 amide bonds. The Balaban J connectivity index is 1.64. The summed E-state index contributed by atoms with van der Waals surface area (Å²) in [5.74, 6) is -0.558. The molecule has 3 aromatic rings. The van der Waals surface area contributed by atoms with Crippen LogP contribution < -0.4 is 10.1 Å². The van der Waals surface area contributed by atoms with Gasteiger partial charge in [0.15, 0.2) is 0 Å². The van der Waals surface area contributed by atoms with E-state index in [2.05, 4.69) is 15.5 Å². The fourth-order valence-electron chi connectivity index (χ4n) is 2.57. The first kappa shape index (κ1) is 18.2. The maximum absolute atomic E-state index is 12.4. The van der Waals surface area contributed by atoms with E-state index in [1.54, 1.807) is 24.2 Å². The first-order valence-electron chi connectivity index (χ1n) is 8.25. The smallest absolute Gasteiger partial charge is 0.305 e. The van der Waals surface area contributed by atoms with E-state index in [9.17, 15) is 9.59 Å². The molecule has 0 saturated heterocycles. The van der Waals surface area contributed by atoms with E-state index >= 15 is 0 Å². The number of aromatic nitrogens is 4. The molecule has 0 spiro atoms. The van der Waals surface area contributed by atoms with E-state index in [4.69, 9.17) is 9.84 Å². The molecule has 2 heterocycles. The van der Waals surface area contributed by atoms with Gasteiger partial charge in [0, 0.05) is 12.4 Å². The van der Waals surface area contributed by atoms with Gasteiger partial charge in [-0.25, -0.2) is 0 Å². The molecule has 3 rings (SSSR count). The van der Waals surface area contributed by atoms with E-state index in [-0.39, 0.29) is 24.6 Å². The number of amides is 1. The number of methoxy groups -OCH3 is 1. The average Bonchev–Trinajstić information content (AvgIpc) is 3.29. The van der Waals surface area contributed by atoms with Crippen molar-refractivity contribution >= 4 is 17.6 Å². The Morgan fingerprint density at radius 1 is 1.26 bits per heavy atom. The molecule has 1 aromatic carbocycles. The van der Waals surface area contributed by atoms with Crippen LogP contribution in [0.5, 0.6) is 5.75 Å². The topological polar surface area (TPSA) is 111 Å². The third-order valence-electron chi connectivity index (χ3n) is 3.86. The number of aryl methyl sites for hydroxylation is 1. The highest BCUT2D eigenvalue weighted by Crippen LogP contribution is 2.15. The molecule has 0 saturated carbocycles. The molecule has 0 fully saturated rings. The molecule has 0 radical (unpaired) electrons. The van der Waals surface area contributed by atoms with Gasteiger partial charge in [0.25, 0.3) is 5.91 Å². The number of anilines is 1. The molecule has 27 heavy (non-hydrogen) atoms. The largest absolute Gasteiger partial charge is 0.497 e. The summed E-state index contributed by atoms with van der Waals surface area (Å²) in [6, 6.07) is 9.19. The van der Waals surface area contributed by atoms with Crippen LogP contribution in [0.2, 0.25) is 0 Å². The summed E-state index contributed by atoms with van der Waals surface area (Å²) in [7, 11) is 1.61. The number of ether oxygens (including phenoxy) is 1. The van der Waals surface area contributed by atoms with E-state index in [1.165, 1.54) is 16.9 Å². The predicted octanol–water partition coefficient (Wildman–Crippen LogP) is 1.86. The number of hydrogen-bond acceptors (Lipinski definition) is 5. The number of benzene rings is 1. The zero-order valence-electron chi connectivity index (χ0n) is 14.7. The molecule has 0 unspecified atom stereocenters. The SMILES string of the molecule is COc1cccc(Cn2cc(NC(=O)c3ccnn3CCC(=O)O)cn2)c1. The summed E-state index contributed by atoms with van der Waals surface area (Å²) in [6.45, 7) is 0.657. The first-order valence-corrected chi connectivity index (χ1v) is 8.25. The molecule has 0 aliphatic rings. The number of rotatable bonds is 8. The van der Waals surface area contributed by atoms with Gasteiger partial charge in [-0.15, -0.1) is 0 Å². The summed E-state index contributed by atoms with van der Waals surface area (Å²) < 4.78 is 8.27. The summed E-state index contributed by atoms with van der Waals surface area (Å²) in [6.07, 6.45) is 4.62. The van der Waals surface area contributed by atoms with Gasteiger partial charge in [0.2, 0.25) is 0 Å². The van der Waals surface area contributed by atoms with Crippen molar-refractivity contribution in [2.24, 2.45) is 0 Å². The van der Waals surface area contributed by atoms with Gasteiger partial charge >= 0.3 is 5.97 Å². The molecule has 0 aliphatic carbocycles. The maximum Gasteiger partial charge on any atom is 0.305 e. The van der Waals surface area contributed by atoms with Crippen molar-refractivity contribution in [2.45, 2.75) is 19.5 Å². The number of carbonyl (C=O) groups excluding carboxylic acids is 1. The summed E-state index contributed by atoms with van der Waals surface area (Å²) in [5, 5.41) is 19.8. The van der Waals surface area contributed by atoms with E-state index in [0.717, 1.165) is 11.3 Å². The number of nitrogens with zero attached hydrogens (tertiary/aromatic N) is 4. The van der Waals surface area contributed by atoms with Crippen LogP contribution in [0, 0.1) is 0 Å². The maximum atomic E-state index is 12.4. The highest BCUT2D eigenvalue weighted by atomic mass is 16.5. The van der Waals surface area contributed by atoms with Crippen molar-refractivity contribution in [2.75, 3.05) is 12.4 Å². The standard InChI is InChI=1S/C18H19N5O4/c1-27-15-4-2-3-13(9-15)11-22-12-14(10-20-22)21-18(26)16-5-7-19-23(16)8-6-17(24)25/h2-5,7,9-10,12H,6,8,11H2,1H3,(H,21,26)(H,24,25). The van der Waals surface area contributed by atoms with Gasteiger partial charge in [-0.1, -0.05) is 12.1 Å². The van der Waals surface area contributed by atoms with Crippen molar-refractivity contribution in [1.29, 1.82) is 0 Å². The Morgan fingerprint density at radius 2 is 2.11 bits per heavy atom. The molecule has 2 N–H and O–H groups in total. The van der Waals surface area contributed by atoms with Crippen molar-refractivity contribution in [1.82, 2.24) is 19.6 Å². The molecule has 9 nitrogen and oxygen atoms in total. The van der Waals surface area contributed by atoms with E-state index in [1.807, 2.05) is 24.3 Å². The van der Waals surface area contributed by atoms with Crippen molar-refractivity contribution in [3.8, 4) is 5.75 Å². The van der Waals surface area contributed by atoms with Crippen LogP contribution >= 0.6 is 0 Å². The highest BCUT2D eigenvalue weighted by molar-refractivity contribution is 6.02. The highest BCUT2D eigenvalue weighted by Gasteiger charge is 2.14. The zero-order chi connectivity index (χ0) is 19.2. The van der Waals surface area contributed by atoms with Gasteiger partial charge in [-0.2, -0.15) is 10.2 Å². The van der Waals surface area contributed by atoms with E-state index < -0.39 is 5.97 Å². The van der Waals surface area contributed by atoms with Crippen LogP contribution in [-0.2, 0) is 17.9 Å². The van der Waals surface area contributed by atoms with Gasteiger partial charge in [0.05, 0.1) is 38.5 Å². The number of carbonyl (C=O) groups is 2. The van der Waals surface area contributed by atoms with Crippen LogP contribution in [0.25, 0.3) is 0 Å². The third-order valence-corrected chi connectivity index (χ3v) is 3.86. The van der Waals surface area contributed by atoms with Crippen molar-refractivity contribution in [3.63, 3.8) is 0 Å². The average molecular weight is 369 g/mol. The second kappa shape index (κ2) is 8.17. The third kappa shape index (κ3) is 4.72. The molecule has 140 valence electrons. The fourth-order valence-corrected chi connectivity index (χ4v) is 2.57. The van der Waals surface area contributed by atoms with Crippen LogP contribution in [0.1, 0.15) is 22.5 Å². The normalized spacial score (nSPS) is 10.6. The summed E-state index contributed by atoms with van der Waals surface area (Å²) in [4.78, 5) is 23.1. The molecule has 9 heteroatoms. The predicted molar refractivity (Wildman–Crippen MR) is 96.8 cm³/mol. The Labute approximate surface area is 155 Å². The van der Waals surface area contributed by atoms with Crippen LogP contribution in [0.3, 0.4) is 0 Å². The molecular formula is C18H19N5O4. The van der Waals surface area contributed by atoms with Gasteiger partial charge in [-0.05, 0) is 23.8 Å². The monoisotopic (exact) mass is 369 g/mol. The second-order valence-corrected chi connectivity index (χ2v) is 5.82. The quantitative estimate of drug-likeness (QED) is 0.627. The zero-order valence-corrected chi connectivity index (χ0v) is 14.7.